The van der Waals surface area contributed by atoms with E-state index < -0.39 is 5.41 Å². The molecule has 0 aliphatic heterocycles. The van der Waals surface area contributed by atoms with Crippen LogP contribution in [-0.4, -0.2) is 19.1 Å². The van der Waals surface area contributed by atoms with Crippen molar-refractivity contribution in [2.45, 2.75) is 39.0 Å². The quantitative estimate of drug-likeness (QED) is 0.782. The predicted octanol–water partition coefficient (Wildman–Crippen LogP) is 3.02. The van der Waals surface area contributed by atoms with Crippen molar-refractivity contribution >= 4 is 5.97 Å². The van der Waals surface area contributed by atoms with E-state index in [-0.39, 0.29) is 24.9 Å². The summed E-state index contributed by atoms with van der Waals surface area (Å²) in [4.78, 5) is 12.4. The van der Waals surface area contributed by atoms with E-state index in [1.54, 1.807) is 19.1 Å². The van der Waals surface area contributed by atoms with Crippen LogP contribution in [0.3, 0.4) is 0 Å². The fourth-order valence-electron chi connectivity index (χ4n) is 2.26. The summed E-state index contributed by atoms with van der Waals surface area (Å²) >= 11 is 0. The van der Waals surface area contributed by atoms with E-state index in [4.69, 9.17) is 10.5 Å². The number of halogens is 1. The number of hydrogen-bond donors (Lipinski definition) is 1. The number of rotatable bonds is 7. The normalized spacial score (nSPS) is 14.1. The minimum atomic E-state index is -0.956. The number of benzene rings is 1. The standard InChI is InChI=1S/C16H24FNO2/c1-4-20-15(19)16(11-18,9-8-12(2)3)13-6-5-7-14(17)10-13/h5-7,10,12H,4,8-9,11,18H2,1-3H3. The maximum absolute atomic E-state index is 13.5. The van der Waals surface area contributed by atoms with Crippen molar-refractivity contribution in [1.29, 1.82) is 0 Å². The summed E-state index contributed by atoms with van der Waals surface area (Å²) in [7, 11) is 0. The lowest BCUT2D eigenvalue weighted by molar-refractivity contribution is -0.150. The van der Waals surface area contributed by atoms with Gasteiger partial charge >= 0.3 is 5.97 Å². The van der Waals surface area contributed by atoms with Crippen LogP contribution in [0.2, 0.25) is 0 Å². The van der Waals surface area contributed by atoms with Gasteiger partial charge in [0.25, 0.3) is 0 Å². The molecule has 0 saturated heterocycles. The van der Waals surface area contributed by atoms with Crippen molar-refractivity contribution < 1.29 is 13.9 Å². The van der Waals surface area contributed by atoms with Crippen molar-refractivity contribution in [3.05, 3.63) is 35.6 Å². The molecular formula is C16H24FNO2. The van der Waals surface area contributed by atoms with Crippen LogP contribution in [0.1, 0.15) is 39.2 Å². The highest BCUT2D eigenvalue weighted by Gasteiger charge is 2.40. The summed E-state index contributed by atoms with van der Waals surface area (Å²) < 4.78 is 18.7. The highest BCUT2D eigenvalue weighted by atomic mass is 19.1. The number of nitrogens with two attached hydrogens (primary N) is 1. The molecule has 0 spiro atoms. The molecule has 0 aromatic heterocycles. The van der Waals surface area contributed by atoms with Gasteiger partial charge < -0.3 is 10.5 Å². The third kappa shape index (κ3) is 3.79. The Kier molecular flexibility index (Phi) is 6.14. The van der Waals surface area contributed by atoms with Gasteiger partial charge in [-0.3, -0.25) is 4.79 Å². The van der Waals surface area contributed by atoms with Crippen LogP contribution < -0.4 is 5.73 Å². The number of carbonyl (C=O) groups is 1. The predicted molar refractivity (Wildman–Crippen MR) is 77.8 cm³/mol. The molecule has 1 aromatic rings. The Labute approximate surface area is 120 Å². The molecule has 0 aliphatic carbocycles. The van der Waals surface area contributed by atoms with Gasteiger partial charge in [-0.25, -0.2) is 4.39 Å². The van der Waals surface area contributed by atoms with E-state index >= 15 is 0 Å². The van der Waals surface area contributed by atoms with E-state index in [1.165, 1.54) is 12.1 Å². The topological polar surface area (TPSA) is 52.3 Å². The van der Waals surface area contributed by atoms with E-state index in [0.717, 1.165) is 6.42 Å². The SMILES string of the molecule is CCOC(=O)C(CN)(CCC(C)C)c1cccc(F)c1. The first kappa shape index (κ1) is 16.6. The lowest BCUT2D eigenvalue weighted by Crippen LogP contribution is -2.44. The van der Waals surface area contributed by atoms with Gasteiger partial charge in [-0.15, -0.1) is 0 Å². The third-order valence-electron chi connectivity index (χ3n) is 3.54. The van der Waals surface area contributed by atoms with Crippen LogP contribution in [0.25, 0.3) is 0 Å². The second-order valence-electron chi connectivity index (χ2n) is 5.45. The average molecular weight is 281 g/mol. The molecule has 1 rings (SSSR count). The zero-order chi connectivity index (χ0) is 15.2. The maximum Gasteiger partial charge on any atom is 0.317 e. The highest BCUT2D eigenvalue weighted by molar-refractivity contribution is 5.83. The van der Waals surface area contributed by atoms with Crippen LogP contribution in [0, 0.1) is 11.7 Å². The number of carbonyl (C=O) groups excluding carboxylic acids is 1. The molecule has 0 fully saturated rings. The lowest BCUT2D eigenvalue weighted by Gasteiger charge is -2.31. The Morgan fingerprint density at radius 1 is 1.45 bits per heavy atom. The molecule has 0 heterocycles. The van der Waals surface area contributed by atoms with Gasteiger partial charge in [-0.05, 0) is 43.4 Å². The monoisotopic (exact) mass is 281 g/mol. The summed E-state index contributed by atoms with van der Waals surface area (Å²) in [5, 5.41) is 0. The van der Waals surface area contributed by atoms with Gasteiger partial charge in [0.05, 0.1) is 6.61 Å². The van der Waals surface area contributed by atoms with Crippen molar-refractivity contribution in [3.63, 3.8) is 0 Å². The first-order chi connectivity index (χ1) is 9.46. The molecule has 1 aromatic carbocycles. The summed E-state index contributed by atoms with van der Waals surface area (Å²) in [5.74, 6) is -0.299. The van der Waals surface area contributed by atoms with Gasteiger partial charge in [0, 0.05) is 6.54 Å². The zero-order valence-electron chi connectivity index (χ0n) is 12.5. The minimum Gasteiger partial charge on any atom is -0.465 e. The van der Waals surface area contributed by atoms with E-state index in [2.05, 4.69) is 13.8 Å². The Hall–Kier alpha value is -1.42. The van der Waals surface area contributed by atoms with Gasteiger partial charge in [-0.2, -0.15) is 0 Å². The fraction of sp³-hybridized carbons (Fsp3) is 0.562. The molecule has 0 radical (unpaired) electrons. The van der Waals surface area contributed by atoms with E-state index in [9.17, 15) is 9.18 Å². The Morgan fingerprint density at radius 3 is 2.65 bits per heavy atom. The van der Waals surface area contributed by atoms with Crippen LogP contribution in [0.4, 0.5) is 4.39 Å². The molecular weight excluding hydrogens is 257 g/mol. The molecule has 0 bridgehead atoms. The second-order valence-corrected chi connectivity index (χ2v) is 5.45. The van der Waals surface area contributed by atoms with Crippen LogP contribution in [-0.2, 0) is 14.9 Å². The minimum absolute atomic E-state index is 0.113. The number of hydrogen-bond acceptors (Lipinski definition) is 3. The van der Waals surface area contributed by atoms with Crippen molar-refractivity contribution in [2.24, 2.45) is 11.7 Å². The second kappa shape index (κ2) is 7.39. The molecule has 0 amide bonds. The Morgan fingerprint density at radius 2 is 2.15 bits per heavy atom. The molecule has 3 nitrogen and oxygen atoms in total. The van der Waals surface area contributed by atoms with Crippen molar-refractivity contribution in [2.75, 3.05) is 13.2 Å². The molecule has 2 N–H and O–H groups in total. The summed E-state index contributed by atoms with van der Waals surface area (Å²) in [6.07, 6.45) is 1.38. The maximum atomic E-state index is 13.5. The fourth-order valence-corrected chi connectivity index (χ4v) is 2.26. The zero-order valence-corrected chi connectivity index (χ0v) is 12.5. The number of ether oxygens (including phenoxy) is 1. The third-order valence-corrected chi connectivity index (χ3v) is 3.54. The Bertz CT molecular complexity index is 448. The molecule has 1 unspecified atom stereocenters. The van der Waals surface area contributed by atoms with Crippen LogP contribution >= 0.6 is 0 Å². The first-order valence-corrected chi connectivity index (χ1v) is 7.09. The van der Waals surface area contributed by atoms with Gasteiger partial charge in [0.2, 0.25) is 0 Å². The highest BCUT2D eigenvalue weighted by Crippen LogP contribution is 2.32. The Balaban J connectivity index is 3.19. The molecule has 4 heteroatoms. The molecule has 20 heavy (non-hydrogen) atoms. The summed E-state index contributed by atoms with van der Waals surface area (Å²) in [6, 6.07) is 6.08. The van der Waals surface area contributed by atoms with E-state index in [1.807, 2.05) is 0 Å². The number of esters is 1. The van der Waals surface area contributed by atoms with Gasteiger partial charge in [0.1, 0.15) is 11.2 Å². The van der Waals surface area contributed by atoms with Crippen molar-refractivity contribution in [1.82, 2.24) is 0 Å². The largest absolute Gasteiger partial charge is 0.465 e. The smallest absolute Gasteiger partial charge is 0.317 e. The molecule has 0 saturated carbocycles. The van der Waals surface area contributed by atoms with Gasteiger partial charge in [0.15, 0.2) is 0 Å². The van der Waals surface area contributed by atoms with Gasteiger partial charge in [-0.1, -0.05) is 26.0 Å². The van der Waals surface area contributed by atoms with E-state index in [0.29, 0.717) is 17.9 Å². The first-order valence-electron chi connectivity index (χ1n) is 7.09. The lowest BCUT2D eigenvalue weighted by atomic mass is 9.75. The summed E-state index contributed by atoms with van der Waals surface area (Å²) in [5.41, 5.74) is 5.52. The molecule has 0 aliphatic rings. The average Bonchev–Trinajstić information content (AvgIpc) is 2.40. The summed E-state index contributed by atoms with van der Waals surface area (Å²) in [6.45, 7) is 6.32. The molecule has 112 valence electrons. The van der Waals surface area contributed by atoms with Crippen LogP contribution in [0.5, 0.6) is 0 Å². The van der Waals surface area contributed by atoms with Crippen LogP contribution in [0.15, 0.2) is 24.3 Å². The molecule has 1 atom stereocenters. The van der Waals surface area contributed by atoms with Crippen molar-refractivity contribution in [3.8, 4) is 0 Å².